The lowest BCUT2D eigenvalue weighted by molar-refractivity contribution is -0.135. The first-order valence-corrected chi connectivity index (χ1v) is 12.9. The van der Waals surface area contributed by atoms with E-state index in [2.05, 4.69) is 0 Å². The van der Waals surface area contributed by atoms with Gasteiger partial charge in [-0.2, -0.15) is 0 Å². The van der Waals surface area contributed by atoms with Gasteiger partial charge in [0.15, 0.2) is 0 Å². The smallest absolute Gasteiger partial charge is 0.342 e. The SMILES string of the molecule is COC(=O)c1ccc([C@@H]2CC(=O)Oc3cc4c(c(OC)c32)C(=O)O[C@@H](C)CCCC(=O)CCCC=C4)cc1. The maximum Gasteiger partial charge on any atom is 0.342 e. The Balaban J connectivity index is 1.82. The first-order chi connectivity index (χ1) is 18.3. The predicted molar refractivity (Wildman–Crippen MR) is 139 cm³/mol. The molecular weight excluding hydrogens is 488 g/mol. The highest BCUT2D eigenvalue weighted by molar-refractivity contribution is 5.99. The number of fused-ring (bicyclic) bond motifs is 2. The zero-order valence-electron chi connectivity index (χ0n) is 21.9. The molecule has 0 fully saturated rings. The highest BCUT2D eigenvalue weighted by Gasteiger charge is 2.36. The molecule has 4 rings (SSSR count). The van der Waals surface area contributed by atoms with Crippen molar-refractivity contribution in [3.05, 3.63) is 64.2 Å². The summed E-state index contributed by atoms with van der Waals surface area (Å²) in [5, 5.41) is 0. The Kier molecular flexibility index (Phi) is 8.61. The van der Waals surface area contributed by atoms with Gasteiger partial charge in [-0.25, -0.2) is 9.59 Å². The number of ketones is 1. The van der Waals surface area contributed by atoms with Gasteiger partial charge >= 0.3 is 17.9 Å². The number of ether oxygens (including phenoxy) is 4. The molecule has 2 aliphatic heterocycles. The third-order valence-corrected chi connectivity index (χ3v) is 6.90. The summed E-state index contributed by atoms with van der Waals surface area (Å²) in [4.78, 5) is 50.1. The van der Waals surface area contributed by atoms with Crippen LogP contribution in [0, 0.1) is 0 Å². The first kappa shape index (κ1) is 27.1. The Morgan fingerprint density at radius 1 is 1.03 bits per heavy atom. The Bertz CT molecular complexity index is 1260. The van der Waals surface area contributed by atoms with Gasteiger partial charge in [0.1, 0.15) is 22.8 Å². The van der Waals surface area contributed by atoms with E-state index in [1.165, 1.54) is 14.2 Å². The summed E-state index contributed by atoms with van der Waals surface area (Å²) in [5.74, 6) is -1.08. The molecule has 0 bridgehead atoms. The minimum absolute atomic E-state index is 0.0367. The van der Waals surface area contributed by atoms with Crippen LogP contribution in [0.5, 0.6) is 11.5 Å². The van der Waals surface area contributed by atoms with Crippen LogP contribution in [0.25, 0.3) is 6.08 Å². The molecule has 2 aromatic carbocycles. The fourth-order valence-corrected chi connectivity index (χ4v) is 4.96. The minimum atomic E-state index is -0.545. The molecule has 0 N–H and O–H groups in total. The van der Waals surface area contributed by atoms with Crippen molar-refractivity contribution in [3.63, 3.8) is 0 Å². The highest BCUT2D eigenvalue weighted by Crippen LogP contribution is 2.47. The Morgan fingerprint density at radius 3 is 2.47 bits per heavy atom. The molecule has 2 atom stereocenters. The maximum atomic E-state index is 13.5. The van der Waals surface area contributed by atoms with Gasteiger partial charge in [0.25, 0.3) is 0 Å². The molecule has 2 aliphatic rings. The molecular formula is C30H32O8. The summed E-state index contributed by atoms with van der Waals surface area (Å²) in [6, 6.07) is 8.45. The van der Waals surface area contributed by atoms with Gasteiger partial charge in [-0.15, -0.1) is 0 Å². The molecule has 0 saturated heterocycles. The Hall–Kier alpha value is -3.94. The average molecular weight is 521 g/mol. The van der Waals surface area contributed by atoms with Crippen molar-refractivity contribution in [2.24, 2.45) is 0 Å². The second-order valence-corrected chi connectivity index (χ2v) is 9.57. The fraction of sp³-hybridized carbons (Fsp3) is 0.400. The van der Waals surface area contributed by atoms with Gasteiger partial charge in [0, 0.05) is 24.3 Å². The van der Waals surface area contributed by atoms with Crippen molar-refractivity contribution in [3.8, 4) is 11.5 Å². The number of Topliss-reactive ketones (excluding diaryl/α,β-unsaturated/α-hetero) is 1. The van der Waals surface area contributed by atoms with E-state index in [4.69, 9.17) is 18.9 Å². The normalized spacial score (nSPS) is 20.3. The van der Waals surface area contributed by atoms with Gasteiger partial charge in [-0.05, 0) is 61.9 Å². The van der Waals surface area contributed by atoms with Gasteiger partial charge in [-0.1, -0.05) is 24.3 Å². The van der Waals surface area contributed by atoms with E-state index >= 15 is 0 Å². The van der Waals surface area contributed by atoms with Crippen LogP contribution in [-0.2, 0) is 19.1 Å². The number of methoxy groups -OCH3 is 2. The number of benzene rings is 2. The lowest BCUT2D eigenvalue weighted by Crippen LogP contribution is -2.24. The molecule has 200 valence electrons. The van der Waals surface area contributed by atoms with E-state index in [-0.39, 0.29) is 23.5 Å². The molecule has 0 aromatic heterocycles. The predicted octanol–water partition coefficient (Wildman–Crippen LogP) is 5.40. The number of carbonyl (C=O) groups excluding carboxylic acids is 4. The maximum absolute atomic E-state index is 13.5. The molecule has 0 saturated carbocycles. The summed E-state index contributed by atoms with van der Waals surface area (Å²) in [6.45, 7) is 1.81. The second-order valence-electron chi connectivity index (χ2n) is 9.57. The summed E-state index contributed by atoms with van der Waals surface area (Å²) < 4.78 is 22.0. The van der Waals surface area contributed by atoms with Gasteiger partial charge in [-0.3, -0.25) is 9.59 Å². The zero-order chi connectivity index (χ0) is 27.2. The molecule has 0 radical (unpaired) electrons. The van der Waals surface area contributed by atoms with Crippen molar-refractivity contribution in [1.82, 2.24) is 0 Å². The fourth-order valence-electron chi connectivity index (χ4n) is 4.96. The largest absolute Gasteiger partial charge is 0.495 e. The second kappa shape index (κ2) is 12.1. The summed E-state index contributed by atoms with van der Waals surface area (Å²) in [5.41, 5.74) is 2.49. The number of allylic oxidation sites excluding steroid dienone is 1. The summed E-state index contributed by atoms with van der Waals surface area (Å²) in [6.07, 6.45) is 6.89. The summed E-state index contributed by atoms with van der Waals surface area (Å²) in [7, 11) is 2.79. The monoisotopic (exact) mass is 520 g/mol. The number of hydrogen-bond acceptors (Lipinski definition) is 8. The number of carbonyl (C=O) groups is 4. The van der Waals surface area contributed by atoms with E-state index in [9.17, 15) is 19.2 Å². The molecule has 0 amide bonds. The molecule has 8 nitrogen and oxygen atoms in total. The molecule has 0 spiro atoms. The summed E-state index contributed by atoms with van der Waals surface area (Å²) >= 11 is 0. The topological polar surface area (TPSA) is 105 Å². The van der Waals surface area contributed by atoms with Crippen molar-refractivity contribution < 1.29 is 38.1 Å². The van der Waals surface area contributed by atoms with Crippen LogP contribution in [0.15, 0.2) is 36.4 Å². The van der Waals surface area contributed by atoms with Crippen LogP contribution in [-0.4, -0.2) is 44.0 Å². The van der Waals surface area contributed by atoms with E-state index < -0.39 is 29.9 Å². The van der Waals surface area contributed by atoms with Gasteiger partial charge in [0.2, 0.25) is 0 Å². The first-order valence-electron chi connectivity index (χ1n) is 12.9. The van der Waals surface area contributed by atoms with Crippen LogP contribution in [0.1, 0.15) is 95.2 Å². The van der Waals surface area contributed by atoms with Crippen molar-refractivity contribution in [1.29, 1.82) is 0 Å². The molecule has 2 aromatic rings. The Labute approximate surface area is 221 Å². The lowest BCUT2D eigenvalue weighted by Gasteiger charge is -2.29. The Morgan fingerprint density at radius 2 is 1.76 bits per heavy atom. The lowest BCUT2D eigenvalue weighted by atomic mass is 9.83. The molecule has 8 heteroatoms. The third-order valence-electron chi connectivity index (χ3n) is 6.90. The van der Waals surface area contributed by atoms with E-state index in [1.807, 2.05) is 13.0 Å². The molecule has 0 unspecified atom stereocenters. The zero-order valence-corrected chi connectivity index (χ0v) is 21.9. The van der Waals surface area contributed by atoms with Crippen molar-refractivity contribution in [2.45, 2.75) is 63.9 Å². The highest BCUT2D eigenvalue weighted by atomic mass is 16.5. The van der Waals surface area contributed by atoms with E-state index in [0.717, 1.165) is 5.56 Å². The minimum Gasteiger partial charge on any atom is -0.495 e. The third kappa shape index (κ3) is 5.96. The standard InChI is InChI=1S/C30H32O8/c1-18-8-7-11-22(31)10-6-4-5-9-21-16-24-27(28(35-2)26(21)30(34)37-18)23(17-25(32)38-24)19-12-14-20(15-13-19)29(33)36-3/h5,9,12-16,18,23H,4,6-8,10-11,17H2,1-3H3/t18-,23-/m0/s1. The molecule has 38 heavy (non-hydrogen) atoms. The van der Waals surface area contributed by atoms with Crippen LogP contribution < -0.4 is 9.47 Å². The number of cyclic esters (lactones) is 1. The van der Waals surface area contributed by atoms with Crippen LogP contribution in [0.4, 0.5) is 0 Å². The van der Waals surface area contributed by atoms with Crippen molar-refractivity contribution >= 4 is 29.8 Å². The number of hydrogen-bond donors (Lipinski definition) is 0. The molecule has 2 heterocycles. The average Bonchev–Trinajstić information content (AvgIpc) is 2.90. The van der Waals surface area contributed by atoms with E-state index in [0.29, 0.717) is 61.0 Å². The van der Waals surface area contributed by atoms with Crippen LogP contribution in [0.3, 0.4) is 0 Å². The van der Waals surface area contributed by atoms with E-state index in [1.54, 1.807) is 36.4 Å². The van der Waals surface area contributed by atoms with Crippen LogP contribution in [0.2, 0.25) is 0 Å². The van der Waals surface area contributed by atoms with Crippen molar-refractivity contribution in [2.75, 3.05) is 14.2 Å². The quantitative estimate of drug-likeness (QED) is 0.391. The van der Waals surface area contributed by atoms with Gasteiger partial charge < -0.3 is 18.9 Å². The number of esters is 3. The van der Waals surface area contributed by atoms with Gasteiger partial charge in [0.05, 0.1) is 32.3 Å². The van der Waals surface area contributed by atoms with Crippen LogP contribution >= 0.6 is 0 Å². The molecule has 0 aliphatic carbocycles. The number of rotatable bonds is 3.